The Hall–Kier alpha value is -3.64. The molecule has 0 unspecified atom stereocenters. The van der Waals surface area contributed by atoms with Crippen LogP contribution in [0.3, 0.4) is 0 Å². The zero-order valence-electron chi connectivity index (χ0n) is 18.8. The first-order valence-electron chi connectivity index (χ1n) is 10.7. The number of rotatable bonds is 6. The van der Waals surface area contributed by atoms with Crippen LogP contribution in [0.2, 0.25) is 0 Å². The van der Waals surface area contributed by atoms with Crippen LogP contribution >= 0.6 is 0 Å². The Morgan fingerprint density at radius 3 is 2.69 bits per heavy atom. The number of aromatic amines is 1. The second-order valence-corrected chi connectivity index (χ2v) is 8.17. The number of benzene rings is 1. The summed E-state index contributed by atoms with van der Waals surface area (Å²) in [7, 11) is 1.69. The number of aromatic nitrogens is 4. The van der Waals surface area contributed by atoms with Crippen molar-refractivity contribution < 1.29 is 4.74 Å². The molecule has 0 bridgehead atoms. The summed E-state index contributed by atoms with van der Waals surface area (Å²) in [4.78, 5) is 16.4. The van der Waals surface area contributed by atoms with Crippen molar-refractivity contribution in [3.8, 4) is 17.0 Å². The molecule has 166 valence electrons. The van der Waals surface area contributed by atoms with Crippen LogP contribution in [0.4, 0.5) is 23.1 Å². The molecule has 2 aromatic heterocycles. The van der Waals surface area contributed by atoms with Crippen LogP contribution < -0.4 is 15.0 Å². The molecule has 2 N–H and O–H groups in total. The van der Waals surface area contributed by atoms with Gasteiger partial charge in [0, 0.05) is 55.1 Å². The van der Waals surface area contributed by atoms with E-state index in [-0.39, 0.29) is 5.82 Å². The minimum absolute atomic E-state index is 0.253. The highest BCUT2D eigenvalue weighted by Crippen LogP contribution is 2.34. The summed E-state index contributed by atoms with van der Waals surface area (Å²) in [6.07, 6.45) is 2.93. The predicted molar refractivity (Wildman–Crippen MR) is 126 cm³/mol. The van der Waals surface area contributed by atoms with Gasteiger partial charge in [-0.1, -0.05) is 6.57 Å². The van der Waals surface area contributed by atoms with Crippen molar-refractivity contribution in [2.24, 2.45) is 0 Å². The van der Waals surface area contributed by atoms with E-state index in [9.17, 15) is 0 Å². The lowest BCUT2D eigenvalue weighted by Gasteiger charge is -2.43. The molecule has 32 heavy (non-hydrogen) atoms. The number of methoxy groups -OCH3 is 1. The van der Waals surface area contributed by atoms with Gasteiger partial charge in [0.2, 0.25) is 0 Å². The van der Waals surface area contributed by atoms with Crippen LogP contribution in [0.25, 0.3) is 16.1 Å². The summed E-state index contributed by atoms with van der Waals surface area (Å²) < 4.78 is 5.71. The van der Waals surface area contributed by atoms with E-state index in [1.54, 1.807) is 7.11 Å². The molecule has 1 saturated heterocycles. The molecule has 1 aliphatic rings. The van der Waals surface area contributed by atoms with Crippen LogP contribution in [-0.2, 0) is 0 Å². The number of nitrogens with zero attached hydrogens (tertiary/aromatic N) is 6. The highest BCUT2D eigenvalue weighted by molar-refractivity contribution is 5.73. The Morgan fingerprint density at radius 1 is 1.19 bits per heavy atom. The molecule has 9 nitrogen and oxygen atoms in total. The summed E-state index contributed by atoms with van der Waals surface area (Å²) in [6, 6.07) is 9.25. The standard InChI is InChI=1S/C23H28N8O/c1-15(2)31-9-8-30(14-16(31)3)17-6-7-18(20(10-17)32-5)19-11-21(29-28-19)27-23-13-25-22(24-4)12-26-23/h6-7,10-13,15-16H,8-9,14H2,1-3,5H3,(H2,26,27,28,29)/t16-/m1/s1. The molecule has 1 aliphatic heterocycles. The first-order valence-corrected chi connectivity index (χ1v) is 10.7. The molecule has 1 aromatic carbocycles. The number of hydrogen-bond donors (Lipinski definition) is 2. The lowest BCUT2D eigenvalue weighted by atomic mass is 10.1. The maximum absolute atomic E-state index is 6.96. The second-order valence-electron chi connectivity index (χ2n) is 8.17. The monoisotopic (exact) mass is 432 g/mol. The number of anilines is 3. The van der Waals surface area contributed by atoms with Gasteiger partial charge in [0.25, 0.3) is 5.82 Å². The highest BCUT2D eigenvalue weighted by Gasteiger charge is 2.26. The van der Waals surface area contributed by atoms with Gasteiger partial charge in [-0.2, -0.15) is 5.10 Å². The smallest absolute Gasteiger partial charge is 0.288 e. The average molecular weight is 433 g/mol. The molecule has 1 atom stereocenters. The molecular formula is C23H28N8O. The summed E-state index contributed by atoms with van der Waals surface area (Å²) >= 11 is 0. The fourth-order valence-corrected chi connectivity index (χ4v) is 4.17. The van der Waals surface area contributed by atoms with Crippen molar-refractivity contribution in [1.29, 1.82) is 0 Å². The first kappa shape index (κ1) is 21.6. The van der Waals surface area contributed by atoms with E-state index in [0.29, 0.717) is 23.7 Å². The molecule has 0 saturated carbocycles. The van der Waals surface area contributed by atoms with Crippen molar-refractivity contribution in [3.63, 3.8) is 0 Å². The molecule has 3 aromatic rings. The largest absolute Gasteiger partial charge is 0.496 e. The molecule has 3 heterocycles. The van der Waals surface area contributed by atoms with E-state index in [1.807, 2.05) is 6.07 Å². The van der Waals surface area contributed by atoms with Gasteiger partial charge in [-0.3, -0.25) is 10.00 Å². The highest BCUT2D eigenvalue weighted by atomic mass is 16.5. The summed E-state index contributed by atoms with van der Waals surface area (Å²) in [5.41, 5.74) is 2.92. The van der Waals surface area contributed by atoms with Gasteiger partial charge in [0.15, 0.2) is 17.8 Å². The zero-order chi connectivity index (χ0) is 22.7. The van der Waals surface area contributed by atoms with E-state index in [2.05, 4.69) is 79.1 Å². The molecule has 0 radical (unpaired) electrons. The van der Waals surface area contributed by atoms with Gasteiger partial charge in [-0.15, -0.1) is 4.98 Å². The molecule has 0 aliphatic carbocycles. The Kier molecular flexibility index (Phi) is 6.23. The first-order chi connectivity index (χ1) is 15.5. The maximum Gasteiger partial charge on any atom is 0.288 e. The third-order valence-corrected chi connectivity index (χ3v) is 5.77. The van der Waals surface area contributed by atoms with Gasteiger partial charge in [-0.05, 0) is 32.9 Å². The van der Waals surface area contributed by atoms with Crippen LogP contribution in [0.15, 0.2) is 36.7 Å². The van der Waals surface area contributed by atoms with Gasteiger partial charge in [-0.25, -0.2) is 4.98 Å². The average Bonchev–Trinajstić information content (AvgIpc) is 3.27. The predicted octanol–water partition coefficient (Wildman–Crippen LogP) is 4.09. The normalized spacial score (nSPS) is 16.8. The maximum atomic E-state index is 6.96. The topological polar surface area (TPSA) is 86.6 Å². The lowest BCUT2D eigenvalue weighted by molar-refractivity contribution is 0.148. The van der Waals surface area contributed by atoms with Gasteiger partial charge in [0.1, 0.15) is 5.75 Å². The molecule has 4 rings (SSSR count). The molecular weight excluding hydrogens is 404 g/mol. The van der Waals surface area contributed by atoms with Crippen molar-refractivity contribution in [1.82, 2.24) is 25.1 Å². The quantitative estimate of drug-likeness (QED) is 0.568. The lowest BCUT2D eigenvalue weighted by Crippen LogP contribution is -2.54. The number of H-pyrrole nitrogens is 1. The number of piperazine rings is 1. The van der Waals surface area contributed by atoms with Crippen LogP contribution in [0.5, 0.6) is 5.75 Å². The Bertz CT molecular complexity index is 1100. The van der Waals surface area contributed by atoms with Crippen molar-refractivity contribution in [3.05, 3.63) is 48.1 Å². The molecule has 0 spiro atoms. The number of hydrogen-bond acceptors (Lipinski definition) is 7. The summed E-state index contributed by atoms with van der Waals surface area (Å²) in [6.45, 7) is 16.8. The SMILES string of the molecule is [C-]#[N+]c1cnc(Nc2cc(-c3ccc(N4CCN(C(C)C)[C@H](C)C4)cc3OC)[nH]n2)cn1. The minimum atomic E-state index is 0.253. The fraction of sp³-hybridized carbons (Fsp3) is 0.391. The van der Waals surface area contributed by atoms with Crippen LogP contribution in [-0.4, -0.2) is 63.9 Å². The fourth-order valence-electron chi connectivity index (χ4n) is 4.17. The Morgan fingerprint density at radius 2 is 2.03 bits per heavy atom. The summed E-state index contributed by atoms with van der Waals surface area (Å²) in [5.74, 6) is 2.17. The minimum Gasteiger partial charge on any atom is -0.496 e. The van der Waals surface area contributed by atoms with E-state index in [1.165, 1.54) is 12.4 Å². The summed E-state index contributed by atoms with van der Waals surface area (Å²) in [5, 5.41) is 10.5. The molecule has 0 amide bonds. The van der Waals surface area contributed by atoms with Crippen molar-refractivity contribution in [2.45, 2.75) is 32.9 Å². The Labute approximate surface area is 188 Å². The van der Waals surface area contributed by atoms with Crippen LogP contribution in [0.1, 0.15) is 20.8 Å². The second kappa shape index (κ2) is 9.24. The van der Waals surface area contributed by atoms with Gasteiger partial charge >= 0.3 is 0 Å². The van der Waals surface area contributed by atoms with Crippen molar-refractivity contribution in [2.75, 3.05) is 37.0 Å². The Balaban J connectivity index is 1.50. The van der Waals surface area contributed by atoms with Crippen LogP contribution in [0, 0.1) is 6.57 Å². The third-order valence-electron chi connectivity index (χ3n) is 5.77. The van der Waals surface area contributed by atoms with E-state index >= 15 is 0 Å². The van der Waals surface area contributed by atoms with Gasteiger partial charge in [0.05, 0.1) is 19.0 Å². The number of nitrogens with one attached hydrogen (secondary N) is 2. The third kappa shape index (κ3) is 4.50. The van der Waals surface area contributed by atoms with E-state index < -0.39 is 0 Å². The number of ether oxygens (including phenoxy) is 1. The molecule has 9 heteroatoms. The zero-order valence-corrected chi connectivity index (χ0v) is 18.8. The van der Waals surface area contributed by atoms with Crippen molar-refractivity contribution >= 4 is 23.1 Å². The molecule has 1 fully saturated rings. The van der Waals surface area contributed by atoms with E-state index in [4.69, 9.17) is 11.3 Å². The van der Waals surface area contributed by atoms with Gasteiger partial charge < -0.3 is 19.8 Å². The van der Waals surface area contributed by atoms with E-state index in [0.717, 1.165) is 42.3 Å².